The molecule has 2 unspecified atom stereocenters. The van der Waals surface area contributed by atoms with E-state index in [1.165, 1.54) is 6.08 Å². The summed E-state index contributed by atoms with van der Waals surface area (Å²) in [7, 11) is -4.61. The maximum absolute atomic E-state index is 12.7. The van der Waals surface area contributed by atoms with Crippen LogP contribution in [0.5, 0.6) is 0 Å². The number of hydrogen-bond acceptors (Lipinski definition) is 10. The molecule has 2 heterocycles. The number of carbonyl (C=O) groups is 1. The average molecular weight is 591 g/mol. The van der Waals surface area contributed by atoms with E-state index < -0.39 is 49.5 Å². The van der Waals surface area contributed by atoms with Crippen molar-refractivity contribution in [3.05, 3.63) is 38.7 Å². The molecule has 0 spiro atoms. The summed E-state index contributed by atoms with van der Waals surface area (Å²) in [6, 6.07) is 0. The molecule has 0 radical (unpaired) electrons. The number of nitrogens with one attached hydrogen (secondary N) is 2. The smallest absolute Gasteiger partial charge is 0.386 e. The minimum atomic E-state index is -4.61. The maximum Gasteiger partial charge on any atom is 0.472 e. The van der Waals surface area contributed by atoms with Crippen molar-refractivity contribution in [2.24, 2.45) is 11.7 Å². The van der Waals surface area contributed by atoms with Crippen molar-refractivity contribution >= 4 is 19.8 Å². The second-order valence-corrected chi connectivity index (χ2v) is 11.7. The first-order valence-corrected chi connectivity index (χ1v) is 15.0. The van der Waals surface area contributed by atoms with E-state index in [1.807, 2.05) is 0 Å². The molecule has 1 aliphatic rings. The molecule has 1 fully saturated rings. The van der Waals surface area contributed by atoms with Crippen molar-refractivity contribution in [1.82, 2.24) is 14.9 Å². The average Bonchev–Trinajstić information content (AvgIpc) is 3.17. The van der Waals surface area contributed by atoms with Gasteiger partial charge in [0.05, 0.1) is 24.9 Å². The lowest BCUT2D eigenvalue weighted by molar-refractivity contribution is -0.116. The van der Waals surface area contributed by atoms with E-state index in [-0.39, 0.29) is 30.8 Å². The highest BCUT2D eigenvalue weighted by Crippen LogP contribution is 2.48. The standard InChI is InChI=1S/C25H43N4O10P/c1-16(2)14-37-40(34,35)39-22-19(15-36-17(3)4)38-24(21(22)31)29-13-18(23(32)28-25(29)33)9-10-20(30)27-12-8-6-5-7-11-26/h9-10,13,16-17,19,21-22,24,31H,5-8,11-12,14-15,26H2,1-4H3,(H,27,30)(H,34,35)(H,28,32,33)/b10-9+/t19-,21+,22?,24-/m1/s1. The Balaban J connectivity index is 2.21. The van der Waals surface area contributed by atoms with Crippen molar-refractivity contribution in [1.29, 1.82) is 0 Å². The van der Waals surface area contributed by atoms with E-state index in [0.717, 1.165) is 42.5 Å². The molecule has 6 N–H and O–H groups in total. The number of H-pyrrole nitrogens is 1. The van der Waals surface area contributed by atoms with Gasteiger partial charge in [0, 0.05) is 18.8 Å². The third kappa shape index (κ3) is 11.0. The first-order chi connectivity index (χ1) is 18.8. The van der Waals surface area contributed by atoms with Crippen LogP contribution in [0.2, 0.25) is 0 Å². The number of unbranched alkanes of at least 4 members (excludes halogenated alkanes) is 3. The maximum atomic E-state index is 12.7. The van der Waals surface area contributed by atoms with E-state index in [2.05, 4.69) is 10.3 Å². The topological polar surface area (TPSA) is 204 Å². The number of hydrogen-bond donors (Lipinski definition) is 5. The fourth-order valence-electron chi connectivity index (χ4n) is 3.80. The number of aliphatic hydroxyl groups excluding tert-OH is 1. The van der Waals surface area contributed by atoms with Gasteiger partial charge in [0.15, 0.2) is 6.23 Å². The molecule has 1 aromatic rings. The second kappa shape index (κ2) is 16.3. The molecule has 0 bridgehead atoms. The normalized spacial score (nSPS) is 22.8. The first-order valence-electron chi connectivity index (χ1n) is 13.5. The zero-order chi connectivity index (χ0) is 29.9. The number of nitrogens with two attached hydrogens (primary N) is 1. The summed E-state index contributed by atoms with van der Waals surface area (Å²) in [5.41, 5.74) is 3.75. The predicted octanol–water partition coefficient (Wildman–Crippen LogP) is 1.03. The lowest BCUT2D eigenvalue weighted by Gasteiger charge is -2.24. The molecule has 1 aliphatic heterocycles. The Morgan fingerprint density at radius 2 is 1.95 bits per heavy atom. The van der Waals surface area contributed by atoms with Crippen LogP contribution in [0.15, 0.2) is 21.9 Å². The SMILES string of the molecule is CC(C)COP(=O)(O)OC1[C@@H](COC(C)C)O[C@@H](n2cc(/C=C/C(=O)NCCCCCCN)c(=O)[nH]c2=O)[C@H]1O. The Labute approximate surface area is 233 Å². The highest BCUT2D eigenvalue weighted by molar-refractivity contribution is 7.47. The number of aliphatic hydroxyl groups is 1. The summed E-state index contributed by atoms with van der Waals surface area (Å²) >= 11 is 0. The van der Waals surface area contributed by atoms with Gasteiger partial charge < -0.3 is 30.5 Å². The summed E-state index contributed by atoms with van der Waals surface area (Å²) in [5.74, 6) is -0.483. The number of nitrogens with zero attached hydrogens (tertiary/aromatic N) is 1. The fourth-order valence-corrected chi connectivity index (χ4v) is 4.91. The summed E-state index contributed by atoms with van der Waals surface area (Å²) < 4.78 is 35.1. The van der Waals surface area contributed by atoms with Crippen LogP contribution < -0.4 is 22.3 Å². The summed E-state index contributed by atoms with van der Waals surface area (Å²) in [6.07, 6.45) is 1.42. The van der Waals surface area contributed by atoms with Gasteiger partial charge in [0.1, 0.15) is 18.3 Å². The molecule has 1 amide bonds. The molecule has 2 rings (SSSR count). The van der Waals surface area contributed by atoms with Gasteiger partial charge in [-0.05, 0) is 45.2 Å². The molecule has 0 aromatic carbocycles. The second-order valence-electron chi connectivity index (χ2n) is 10.2. The number of aromatic amines is 1. The van der Waals surface area contributed by atoms with Crippen LogP contribution in [-0.4, -0.2) is 76.2 Å². The van der Waals surface area contributed by atoms with Crippen LogP contribution in [0.25, 0.3) is 6.08 Å². The van der Waals surface area contributed by atoms with Gasteiger partial charge in [0.25, 0.3) is 5.56 Å². The van der Waals surface area contributed by atoms with E-state index >= 15 is 0 Å². The van der Waals surface area contributed by atoms with E-state index in [1.54, 1.807) is 27.7 Å². The number of aromatic nitrogens is 2. The zero-order valence-electron chi connectivity index (χ0n) is 23.5. The molecule has 1 saturated heterocycles. The monoisotopic (exact) mass is 590 g/mol. The molecular formula is C25H43N4O10P. The van der Waals surface area contributed by atoms with Gasteiger partial charge in [-0.25, -0.2) is 9.36 Å². The van der Waals surface area contributed by atoms with Gasteiger partial charge in [0.2, 0.25) is 5.91 Å². The number of phosphoric ester groups is 1. The number of rotatable bonds is 17. The first kappa shape index (κ1) is 34.0. The van der Waals surface area contributed by atoms with Crippen LogP contribution in [0.3, 0.4) is 0 Å². The Hall–Kier alpha value is -2.16. The van der Waals surface area contributed by atoms with Gasteiger partial charge in [-0.15, -0.1) is 0 Å². The fraction of sp³-hybridized carbons (Fsp3) is 0.720. The highest BCUT2D eigenvalue weighted by Gasteiger charge is 2.49. The largest absolute Gasteiger partial charge is 0.472 e. The van der Waals surface area contributed by atoms with Gasteiger partial charge in [-0.2, -0.15) is 0 Å². The van der Waals surface area contributed by atoms with E-state index in [4.69, 9.17) is 24.3 Å². The van der Waals surface area contributed by atoms with Crippen LogP contribution in [0.4, 0.5) is 0 Å². The minimum Gasteiger partial charge on any atom is -0.386 e. The molecule has 0 aliphatic carbocycles. The minimum absolute atomic E-state index is 0.0547. The molecular weight excluding hydrogens is 547 g/mol. The highest BCUT2D eigenvalue weighted by atomic mass is 31.2. The number of carbonyl (C=O) groups excluding carboxylic acids is 1. The molecule has 15 heteroatoms. The molecule has 0 saturated carbocycles. The molecule has 1 aromatic heterocycles. The lowest BCUT2D eigenvalue weighted by Crippen LogP contribution is -2.39. The predicted molar refractivity (Wildman–Crippen MR) is 147 cm³/mol. The zero-order valence-corrected chi connectivity index (χ0v) is 24.4. The Morgan fingerprint density at radius 1 is 1.25 bits per heavy atom. The summed E-state index contributed by atoms with van der Waals surface area (Å²) in [5, 5.41) is 13.7. The van der Waals surface area contributed by atoms with Gasteiger partial charge >= 0.3 is 13.5 Å². The molecule has 228 valence electrons. The Bertz CT molecular complexity index is 1140. The number of amides is 1. The molecule has 40 heavy (non-hydrogen) atoms. The summed E-state index contributed by atoms with van der Waals surface area (Å²) in [4.78, 5) is 49.5. The Kier molecular flexibility index (Phi) is 13.9. The number of phosphoric acid groups is 1. The van der Waals surface area contributed by atoms with Gasteiger partial charge in [-0.3, -0.25) is 28.2 Å². The summed E-state index contributed by atoms with van der Waals surface area (Å²) in [6.45, 7) is 8.00. The molecule has 5 atom stereocenters. The lowest BCUT2D eigenvalue weighted by atomic mass is 10.1. The third-order valence-corrected chi connectivity index (χ3v) is 6.83. The van der Waals surface area contributed by atoms with Crippen LogP contribution >= 0.6 is 7.82 Å². The van der Waals surface area contributed by atoms with Crippen LogP contribution in [-0.2, 0) is 27.9 Å². The Morgan fingerprint density at radius 3 is 2.60 bits per heavy atom. The van der Waals surface area contributed by atoms with E-state index in [9.17, 15) is 28.9 Å². The third-order valence-electron chi connectivity index (χ3n) is 5.84. The van der Waals surface area contributed by atoms with Crippen molar-refractivity contribution < 1.29 is 37.9 Å². The van der Waals surface area contributed by atoms with Crippen molar-refractivity contribution in [2.75, 3.05) is 26.3 Å². The van der Waals surface area contributed by atoms with Crippen molar-refractivity contribution in [3.63, 3.8) is 0 Å². The van der Waals surface area contributed by atoms with Gasteiger partial charge in [-0.1, -0.05) is 26.7 Å². The van der Waals surface area contributed by atoms with Crippen LogP contribution in [0, 0.1) is 5.92 Å². The number of ether oxygens (including phenoxy) is 2. The molecule has 14 nitrogen and oxygen atoms in total. The van der Waals surface area contributed by atoms with Crippen molar-refractivity contribution in [2.45, 2.75) is 84.0 Å². The van der Waals surface area contributed by atoms with E-state index in [0.29, 0.717) is 13.1 Å². The van der Waals surface area contributed by atoms with Crippen molar-refractivity contribution in [3.8, 4) is 0 Å². The van der Waals surface area contributed by atoms with Crippen LogP contribution in [0.1, 0.15) is 65.2 Å². The quantitative estimate of drug-likeness (QED) is 0.0984.